The van der Waals surface area contributed by atoms with Gasteiger partial charge < -0.3 is 9.64 Å². The highest BCUT2D eigenvalue weighted by molar-refractivity contribution is 7.13. The van der Waals surface area contributed by atoms with E-state index < -0.39 is 0 Å². The van der Waals surface area contributed by atoms with Crippen LogP contribution in [0.5, 0.6) is 5.75 Å². The van der Waals surface area contributed by atoms with Crippen LogP contribution in [0, 0.1) is 0 Å². The highest BCUT2D eigenvalue weighted by Crippen LogP contribution is 2.27. The number of thiazole rings is 1. The number of pyridine rings is 1. The number of methoxy groups -OCH3 is 1. The van der Waals surface area contributed by atoms with E-state index in [0.717, 1.165) is 28.5 Å². The largest absolute Gasteiger partial charge is 0.496 e. The van der Waals surface area contributed by atoms with Gasteiger partial charge in [-0.1, -0.05) is 24.3 Å². The predicted octanol–water partition coefficient (Wildman–Crippen LogP) is 4.18. The molecule has 2 aromatic heterocycles. The second-order valence-electron chi connectivity index (χ2n) is 5.22. The summed E-state index contributed by atoms with van der Waals surface area (Å²) in [6, 6.07) is 13.9. The van der Waals surface area contributed by atoms with Crippen LogP contribution in [0.25, 0.3) is 11.4 Å². The first-order valence-corrected chi connectivity index (χ1v) is 8.32. The molecule has 0 saturated carbocycles. The molecular weight excluding hydrogens is 320 g/mol. The van der Waals surface area contributed by atoms with E-state index in [-0.39, 0.29) is 0 Å². The highest BCUT2D eigenvalue weighted by Gasteiger charge is 2.10. The van der Waals surface area contributed by atoms with Crippen LogP contribution in [0.2, 0.25) is 0 Å². The van der Waals surface area contributed by atoms with E-state index in [9.17, 15) is 0 Å². The third kappa shape index (κ3) is 3.44. The van der Waals surface area contributed by atoms with Gasteiger partial charge in [0, 0.05) is 24.5 Å². The maximum Gasteiger partial charge on any atom is 0.209 e. The zero-order valence-corrected chi connectivity index (χ0v) is 14.5. The van der Waals surface area contributed by atoms with Crippen LogP contribution in [-0.2, 0) is 6.54 Å². The van der Waals surface area contributed by atoms with Crippen LogP contribution in [0.15, 0.2) is 52.8 Å². The minimum atomic E-state index is 0.652. The SMILES string of the molecule is C=Nc1nc(-c2cccc(N(C)Cc3ccccc3OC)n2)cs1. The zero-order chi connectivity index (χ0) is 16.9. The molecule has 122 valence electrons. The summed E-state index contributed by atoms with van der Waals surface area (Å²) >= 11 is 1.46. The Hall–Kier alpha value is -2.73. The summed E-state index contributed by atoms with van der Waals surface area (Å²) in [7, 11) is 3.70. The van der Waals surface area contributed by atoms with Crippen molar-refractivity contribution in [2.45, 2.75) is 6.54 Å². The molecule has 0 aliphatic rings. The monoisotopic (exact) mass is 338 g/mol. The van der Waals surface area contributed by atoms with Crippen molar-refractivity contribution < 1.29 is 4.74 Å². The van der Waals surface area contributed by atoms with Crippen molar-refractivity contribution in [3.63, 3.8) is 0 Å². The number of ether oxygens (including phenoxy) is 1. The fraction of sp³-hybridized carbons (Fsp3) is 0.167. The Labute approximate surface area is 145 Å². The van der Waals surface area contributed by atoms with Gasteiger partial charge in [-0.15, -0.1) is 11.3 Å². The molecule has 0 fully saturated rings. The molecule has 3 rings (SSSR count). The standard InChI is InChI=1S/C18H18N4OS/c1-19-18-21-15(12-24-18)14-8-6-10-17(20-14)22(2)11-13-7-4-5-9-16(13)23-3/h4-10,12H,1,11H2,2-3H3. The number of aromatic nitrogens is 2. The Bertz CT molecular complexity index is 846. The van der Waals surface area contributed by atoms with Gasteiger partial charge in [-0.05, 0) is 24.9 Å². The minimum Gasteiger partial charge on any atom is -0.496 e. The number of anilines is 1. The first-order chi connectivity index (χ1) is 11.7. The lowest BCUT2D eigenvalue weighted by molar-refractivity contribution is 0.409. The predicted molar refractivity (Wildman–Crippen MR) is 99.7 cm³/mol. The second-order valence-corrected chi connectivity index (χ2v) is 6.06. The molecular formula is C18H18N4OS. The molecule has 0 saturated heterocycles. The van der Waals surface area contributed by atoms with Gasteiger partial charge in [-0.3, -0.25) is 0 Å². The Morgan fingerprint density at radius 2 is 1.96 bits per heavy atom. The molecule has 0 bridgehead atoms. The van der Waals surface area contributed by atoms with Crippen molar-refractivity contribution in [3.8, 4) is 17.1 Å². The van der Waals surface area contributed by atoms with Gasteiger partial charge >= 0.3 is 0 Å². The van der Waals surface area contributed by atoms with E-state index in [4.69, 9.17) is 9.72 Å². The summed E-state index contributed by atoms with van der Waals surface area (Å²) in [4.78, 5) is 15.0. The Morgan fingerprint density at radius 1 is 1.12 bits per heavy atom. The lowest BCUT2D eigenvalue weighted by Crippen LogP contribution is -2.18. The molecule has 0 radical (unpaired) electrons. The van der Waals surface area contributed by atoms with Gasteiger partial charge in [0.05, 0.1) is 12.8 Å². The third-order valence-corrected chi connectivity index (χ3v) is 4.39. The molecule has 0 unspecified atom stereocenters. The molecule has 0 N–H and O–H groups in total. The Balaban J connectivity index is 1.84. The first-order valence-electron chi connectivity index (χ1n) is 7.44. The number of para-hydroxylation sites is 1. The number of nitrogens with zero attached hydrogens (tertiary/aromatic N) is 4. The average Bonchev–Trinajstić information content (AvgIpc) is 3.11. The van der Waals surface area contributed by atoms with Gasteiger partial charge in [-0.25, -0.2) is 15.0 Å². The topological polar surface area (TPSA) is 50.6 Å². The molecule has 0 amide bonds. The maximum absolute atomic E-state index is 5.42. The molecule has 24 heavy (non-hydrogen) atoms. The van der Waals surface area contributed by atoms with E-state index in [2.05, 4.69) is 27.7 Å². The zero-order valence-electron chi connectivity index (χ0n) is 13.6. The Kier molecular flexibility index (Phi) is 4.86. The van der Waals surface area contributed by atoms with Crippen molar-refractivity contribution in [3.05, 3.63) is 53.4 Å². The van der Waals surface area contributed by atoms with Gasteiger partial charge in [0.15, 0.2) is 0 Å². The van der Waals surface area contributed by atoms with Crippen LogP contribution >= 0.6 is 11.3 Å². The number of hydrogen-bond donors (Lipinski definition) is 0. The quantitative estimate of drug-likeness (QED) is 0.633. The maximum atomic E-state index is 5.42. The van der Waals surface area contributed by atoms with Crippen molar-refractivity contribution in [1.82, 2.24) is 9.97 Å². The summed E-state index contributed by atoms with van der Waals surface area (Å²) in [5, 5.41) is 2.59. The van der Waals surface area contributed by atoms with E-state index in [1.807, 2.05) is 48.8 Å². The van der Waals surface area contributed by atoms with E-state index in [1.165, 1.54) is 11.3 Å². The van der Waals surface area contributed by atoms with Crippen molar-refractivity contribution in [1.29, 1.82) is 0 Å². The van der Waals surface area contributed by atoms with Gasteiger partial charge in [0.2, 0.25) is 5.13 Å². The van der Waals surface area contributed by atoms with E-state index in [0.29, 0.717) is 11.7 Å². The molecule has 0 spiro atoms. The lowest BCUT2D eigenvalue weighted by atomic mass is 10.2. The number of aliphatic imine (C=N–C) groups is 1. The minimum absolute atomic E-state index is 0.652. The molecule has 0 aliphatic heterocycles. The molecule has 2 heterocycles. The average molecular weight is 338 g/mol. The Morgan fingerprint density at radius 3 is 2.71 bits per heavy atom. The van der Waals surface area contributed by atoms with Crippen molar-refractivity contribution >= 4 is 29.0 Å². The molecule has 1 aromatic carbocycles. The molecule has 3 aromatic rings. The van der Waals surface area contributed by atoms with Crippen molar-refractivity contribution in [2.24, 2.45) is 4.99 Å². The first kappa shape index (κ1) is 16.1. The lowest BCUT2D eigenvalue weighted by Gasteiger charge is -2.20. The van der Waals surface area contributed by atoms with Crippen molar-refractivity contribution in [2.75, 3.05) is 19.1 Å². The number of rotatable bonds is 6. The summed E-state index contributed by atoms with van der Waals surface area (Å²) < 4.78 is 5.42. The molecule has 0 atom stereocenters. The van der Waals surface area contributed by atoms with Crippen LogP contribution in [0.3, 0.4) is 0 Å². The fourth-order valence-corrected chi connectivity index (χ4v) is 3.02. The van der Waals surface area contributed by atoms with Crippen LogP contribution in [0.1, 0.15) is 5.56 Å². The van der Waals surface area contributed by atoms with E-state index in [1.54, 1.807) is 7.11 Å². The van der Waals surface area contributed by atoms with Gasteiger partial charge in [-0.2, -0.15) is 0 Å². The van der Waals surface area contributed by atoms with Crippen LogP contribution in [0.4, 0.5) is 10.9 Å². The molecule has 6 heteroatoms. The highest BCUT2D eigenvalue weighted by atomic mass is 32.1. The van der Waals surface area contributed by atoms with E-state index >= 15 is 0 Å². The number of benzene rings is 1. The summed E-state index contributed by atoms with van der Waals surface area (Å²) in [6.07, 6.45) is 0. The molecule has 5 nitrogen and oxygen atoms in total. The van der Waals surface area contributed by atoms with Crippen LogP contribution in [-0.4, -0.2) is 30.8 Å². The van der Waals surface area contributed by atoms with Crippen LogP contribution < -0.4 is 9.64 Å². The normalized spacial score (nSPS) is 10.4. The summed E-state index contributed by atoms with van der Waals surface area (Å²) in [5.41, 5.74) is 2.75. The second kappa shape index (κ2) is 7.23. The smallest absolute Gasteiger partial charge is 0.209 e. The van der Waals surface area contributed by atoms with Gasteiger partial charge in [0.25, 0.3) is 0 Å². The van der Waals surface area contributed by atoms with Gasteiger partial charge in [0.1, 0.15) is 17.3 Å². The summed E-state index contributed by atoms with van der Waals surface area (Å²) in [6.45, 7) is 4.21. The molecule has 0 aliphatic carbocycles. The fourth-order valence-electron chi connectivity index (χ4n) is 2.40. The number of hydrogen-bond acceptors (Lipinski definition) is 6. The third-order valence-electron chi connectivity index (χ3n) is 3.62. The summed E-state index contributed by atoms with van der Waals surface area (Å²) in [5.74, 6) is 1.75.